The molecule has 1 heterocycles. The molecule has 1 aromatic rings. The maximum atomic E-state index is 6.12. The molecule has 0 radical (unpaired) electrons. The summed E-state index contributed by atoms with van der Waals surface area (Å²) in [5.74, 6) is 0. The van der Waals surface area contributed by atoms with Crippen molar-refractivity contribution in [3.8, 4) is 0 Å². The minimum Gasteiger partial charge on any atom is -0.382 e. The standard InChI is InChI=1S/C16H24BrNO5/c1-19-9-12-13(20-2)14(21-3)15(22-4)16(23-12)18-11-7-5-10(17)6-8-11/h5-8,12-16,18H,9H2,1-4H3/t12-,13-,14+,15-,16-/m1/s1. The molecule has 0 aliphatic carbocycles. The summed E-state index contributed by atoms with van der Waals surface area (Å²) in [5, 5.41) is 3.35. The third kappa shape index (κ3) is 4.43. The molecule has 0 unspecified atom stereocenters. The molecule has 6 nitrogen and oxygen atoms in total. The van der Waals surface area contributed by atoms with E-state index in [9.17, 15) is 0 Å². The normalized spacial score (nSPS) is 31.1. The van der Waals surface area contributed by atoms with Gasteiger partial charge in [-0.1, -0.05) is 15.9 Å². The third-order valence-electron chi connectivity index (χ3n) is 3.93. The van der Waals surface area contributed by atoms with Gasteiger partial charge >= 0.3 is 0 Å². The van der Waals surface area contributed by atoms with Gasteiger partial charge in [-0.3, -0.25) is 0 Å². The maximum absolute atomic E-state index is 6.12. The average molecular weight is 390 g/mol. The van der Waals surface area contributed by atoms with Crippen LogP contribution in [0.2, 0.25) is 0 Å². The van der Waals surface area contributed by atoms with E-state index in [-0.39, 0.29) is 30.6 Å². The van der Waals surface area contributed by atoms with E-state index in [0.717, 1.165) is 10.2 Å². The molecule has 0 saturated carbocycles. The van der Waals surface area contributed by atoms with Crippen molar-refractivity contribution in [1.82, 2.24) is 0 Å². The first-order valence-electron chi connectivity index (χ1n) is 7.39. The Labute approximate surface area is 145 Å². The van der Waals surface area contributed by atoms with Crippen LogP contribution in [0.3, 0.4) is 0 Å². The van der Waals surface area contributed by atoms with Crippen molar-refractivity contribution in [2.24, 2.45) is 0 Å². The van der Waals surface area contributed by atoms with E-state index < -0.39 is 0 Å². The van der Waals surface area contributed by atoms with Gasteiger partial charge in [0, 0.05) is 38.6 Å². The molecule has 1 aliphatic rings. The van der Waals surface area contributed by atoms with Crippen LogP contribution >= 0.6 is 15.9 Å². The predicted octanol–water partition coefficient (Wildman–Crippen LogP) is 2.28. The second-order valence-electron chi connectivity index (χ2n) is 5.30. The van der Waals surface area contributed by atoms with Crippen molar-refractivity contribution in [1.29, 1.82) is 0 Å². The Kier molecular flexibility index (Phi) is 7.26. The minimum absolute atomic E-state index is 0.255. The summed E-state index contributed by atoms with van der Waals surface area (Å²) >= 11 is 3.43. The SMILES string of the molecule is COC[C@H]1O[C@@H](Nc2ccc(Br)cc2)[C@H](OC)[C@@H](OC)[C@@H]1OC. The number of methoxy groups -OCH3 is 4. The van der Waals surface area contributed by atoms with E-state index in [0.29, 0.717) is 6.61 Å². The van der Waals surface area contributed by atoms with E-state index in [1.807, 2.05) is 24.3 Å². The third-order valence-corrected chi connectivity index (χ3v) is 4.46. The van der Waals surface area contributed by atoms with Gasteiger partial charge in [0.25, 0.3) is 0 Å². The first kappa shape index (κ1) is 18.6. The molecule has 0 aromatic heterocycles. The van der Waals surface area contributed by atoms with Crippen molar-refractivity contribution in [3.05, 3.63) is 28.7 Å². The Morgan fingerprint density at radius 1 is 0.957 bits per heavy atom. The topological polar surface area (TPSA) is 58.2 Å². The summed E-state index contributed by atoms with van der Waals surface area (Å²) in [6, 6.07) is 7.86. The van der Waals surface area contributed by atoms with Crippen molar-refractivity contribution in [3.63, 3.8) is 0 Å². The Balaban J connectivity index is 2.19. The van der Waals surface area contributed by atoms with Gasteiger partial charge in [0.15, 0.2) is 6.23 Å². The van der Waals surface area contributed by atoms with E-state index in [1.54, 1.807) is 28.4 Å². The summed E-state index contributed by atoms with van der Waals surface area (Å²) in [4.78, 5) is 0. The Hall–Kier alpha value is -0.700. The highest BCUT2D eigenvalue weighted by Crippen LogP contribution is 2.28. The number of rotatable bonds is 7. The van der Waals surface area contributed by atoms with Gasteiger partial charge in [-0.05, 0) is 24.3 Å². The molecule has 1 aromatic carbocycles. The Morgan fingerprint density at radius 3 is 2.09 bits per heavy atom. The van der Waals surface area contributed by atoms with Crippen molar-refractivity contribution >= 4 is 21.6 Å². The fourth-order valence-corrected chi connectivity index (χ4v) is 3.12. The van der Waals surface area contributed by atoms with Gasteiger partial charge in [0.1, 0.15) is 24.4 Å². The van der Waals surface area contributed by atoms with Crippen LogP contribution in [0.5, 0.6) is 0 Å². The van der Waals surface area contributed by atoms with E-state index in [2.05, 4.69) is 21.2 Å². The highest BCUT2D eigenvalue weighted by atomic mass is 79.9. The zero-order chi connectivity index (χ0) is 16.8. The van der Waals surface area contributed by atoms with Gasteiger partial charge in [0.2, 0.25) is 0 Å². The number of anilines is 1. The van der Waals surface area contributed by atoms with Gasteiger partial charge in [0.05, 0.1) is 6.61 Å². The number of ether oxygens (including phenoxy) is 5. The highest BCUT2D eigenvalue weighted by molar-refractivity contribution is 9.10. The van der Waals surface area contributed by atoms with Crippen molar-refractivity contribution < 1.29 is 23.7 Å². The van der Waals surface area contributed by atoms with Crippen LogP contribution in [-0.4, -0.2) is 65.7 Å². The summed E-state index contributed by atoms with van der Waals surface area (Å²) in [5.41, 5.74) is 0.933. The summed E-state index contributed by atoms with van der Waals surface area (Å²) in [6.07, 6.45) is -1.49. The first-order valence-corrected chi connectivity index (χ1v) is 8.18. The average Bonchev–Trinajstić information content (AvgIpc) is 2.56. The van der Waals surface area contributed by atoms with Crippen LogP contribution in [0.15, 0.2) is 28.7 Å². The second kappa shape index (κ2) is 8.96. The maximum Gasteiger partial charge on any atom is 0.157 e. The molecule has 0 bridgehead atoms. The molecular formula is C16H24BrNO5. The van der Waals surface area contributed by atoms with E-state index >= 15 is 0 Å². The summed E-state index contributed by atoms with van der Waals surface area (Å²) in [6.45, 7) is 0.410. The van der Waals surface area contributed by atoms with Crippen molar-refractivity contribution in [2.45, 2.75) is 30.6 Å². The molecule has 1 saturated heterocycles. The quantitative estimate of drug-likeness (QED) is 0.771. The lowest BCUT2D eigenvalue weighted by Gasteiger charge is -2.45. The molecule has 1 fully saturated rings. The lowest BCUT2D eigenvalue weighted by molar-refractivity contribution is -0.243. The van der Waals surface area contributed by atoms with E-state index in [1.165, 1.54) is 0 Å². The van der Waals surface area contributed by atoms with Crippen LogP contribution < -0.4 is 5.32 Å². The molecule has 130 valence electrons. The number of halogens is 1. The summed E-state index contributed by atoms with van der Waals surface area (Å²) < 4.78 is 29.2. The van der Waals surface area contributed by atoms with Crippen molar-refractivity contribution in [2.75, 3.05) is 40.4 Å². The zero-order valence-electron chi connectivity index (χ0n) is 13.8. The minimum atomic E-state index is -0.377. The fourth-order valence-electron chi connectivity index (χ4n) is 2.85. The molecule has 5 atom stereocenters. The molecule has 1 aliphatic heterocycles. The molecule has 1 N–H and O–H groups in total. The number of benzene rings is 1. The number of hydrogen-bond donors (Lipinski definition) is 1. The van der Waals surface area contributed by atoms with Crippen LogP contribution in [0.4, 0.5) is 5.69 Å². The van der Waals surface area contributed by atoms with Crippen LogP contribution in [-0.2, 0) is 23.7 Å². The molecule has 23 heavy (non-hydrogen) atoms. The molecule has 0 spiro atoms. The highest BCUT2D eigenvalue weighted by Gasteiger charge is 2.47. The fraction of sp³-hybridized carbons (Fsp3) is 0.625. The molecular weight excluding hydrogens is 366 g/mol. The second-order valence-corrected chi connectivity index (χ2v) is 6.22. The van der Waals surface area contributed by atoms with Gasteiger partial charge in [-0.15, -0.1) is 0 Å². The van der Waals surface area contributed by atoms with Crippen LogP contribution in [0, 0.1) is 0 Å². The monoisotopic (exact) mass is 389 g/mol. The summed E-state index contributed by atoms with van der Waals surface area (Å²) in [7, 11) is 6.56. The zero-order valence-corrected chi connectivity index (χ0v) is 15.4. The Bertz CT molecular complexity index is 472. The van der Waals surface area contributed by atoms with Gasteiger partial charge in [-0.25, -0.2) is 0 Å². The van der Waals surface area contributed by atoms with Gasteiger partial charge in [-0.2, -0.15) is 0 Å². The molecule has 7 heteroatoms. The smallest absolute Gasteiger partial charge is 0.157 e. The molecule has 2 rings (SSSR count). The number of nitrogens with one attached hydrogen (secondary N) is 1. The first-order chi connectivity index (χ1) is 11.1. The van der Waals surface area contributed by atoms with E-state index in [4.69, 9.17) is 23.7 Å². The lowest BCUT2D eigenvalue weighted by atomic mass is 9.97. The van der Waals surface area contributed by atoms with Gasteiger partial charge < -0.3 is 29.0 Å². The number of hydrogen-bond acceptors (Lipinski definition) is 6. The van der Waals surface area contributed by atoms with Crippen LogP contribution in [0.25, 0.3) is 0 Å². The Morgan fingerprint density at radius 2 is 1.57 bits per heavy atom. The van der Waals surface area contributed by atoms with Crippen LogP contribution in [0.1, 0.15) is 0 Å². The largest absolute Gasteiger partial charge is 0.382 e. The predicted molar refractivity (Wildman–Crippen MR) is 90.7 cm³/mol. The lowest BCUT2D eigenvalue weighted by Crippen LogP contribution is -2.62. The molecule has 0 amide bonds.